The molecule has 0 radical (unpaired) electrons. The lowest BCUT2D eigenvalue weighted by Gasteiger charge is -2.10. The van der Waals surface area contributed by atoms with Gasteiger partial charge in [0.15, 0.2) is 6.10 Å². The molecule has 25 heavy (non-hydrogen) atoms. The van der Waals surface area contributed by atoms with Crippen LogP contribution in [0.4, 0.5) is 5.69 Å². The quantitative estimate of drug-likeness (QED) is 0.549. The van der Waals surface area contributed by atoms with Gasteiger partial charge in [-0.1, -0.05) is 30.3 Å². The Morgan fingerprint density at radius 3 is 2.56 bits per heavy atom. The van der Waals surface area contributed by atoms with Crippen LogP contribution in [-0.4, -0.2) is 20.5 Å². The molecule has 0 spiro atoms. The molecule has 3 rings (SSSR count). The number of carbonyl (C=O) groups excluding carboxylic acids is 1. The minimum Gasteiger partial charge on any atom is -0.378 e. The zero-order valence-corrected chi connectivity index (χ0v) is 13.5. The van der Waals surface area contributed by atoms with E-state index in [1.807, 2.05) is 34.9 Å². The van der Waals surface area contributed by atoms with Crippen LogP contribution in [0.15, 0.2) is 48.5 Å². The fraction of sp³-hybridized carbons (Fsp3) is 0.167. The highest BCUT2D eigenvalue weighted by molar-refractivity contribution is 5.93. The van der Waals surface area contributed by atoms with Crippen LogP contribution in [-0.2, 0) is 11.3 Å². The standard InChI is InChI=1S/C18H17N3O4/c1-11-16(17(22)18(19)23)14-9-13(21(24)25)7-8-15(14)20(11)10-12-5-3-2-4-6-12/h2-9,17,22H,10H2,1H3,(H2,19,23). The molecule has 2 aromatic carbocycles. The number of non-ortho nitro benzene ring substituents is 1. The number of aliphatic hydroxyl groups excluding tert-OH is 1. The molecule has 0 aliphatic carbocycles. The second kappa shape index (κ2) is 6.37. The first-order chi connectivity index (χ1) is 11.9. The summed E-state index contributed by atoms with van der Waals surface area (Å²) in [5.74, 6) is -0.895. The van der Waals surface area contributed by atoms with Crippen molar-refractivity contribution in [2.24, 2.45) is 5.73 Å². The number of nitrogens with two attached hydrogens (primary N) is 1. The highest BCUT2D eigenvalue weighted by Crippen LogP contribution is 2.33. The number of nitro groups is 1. The molecule has 0 saturated carbocycles. The smallest absolute Gasteiger partial charge is 0.270 e. The summed E-state index contributed by atoms with van der Waals surface area (Å²) in [5.41, 5.74) is 7.82. The number of amides is 1. The Labute approximate surface area is 143 Å². The molecule has 1 atom stereocenters. The Bertz CT molecular complexity index is 963. The topological polar surface area (TPSA) is 111 Å². The van der Waals surface area contributed by atoms with Gasteiger partial charge in [0.1, 0.15) is 0 Å². The Morgan fingerprint density at radius 1 is 1.28 bits per heavy atom. The lowest BCUT2D eigenvalue weighted by molar-refractivity contribution is -0.384. The predicted octanol–water partition coefficient (Wildman–Crippen LogP) is 2.42. The fourth-order valence-electron chi connectivity index (χ4n) is 3.07. The molecule has 0 bridgehead atoms. The first-order valence-electron chi connectivity index (χ1n) is 7.68. The number of aliphatic hydroxyl groups is 1. The molecule has 7 nitrogen and oxygen atoms in total. The van der Waals surface area contributed by atoms with Gasteiger partial charge in [0.25, 0.3) is 11.6 Å². The Hall–Kier alpha value is -3.19. The van der Waals surface area contributed by atoms with E-state index >= 15 is 0 Å². The van der Waals surface area contributed by atoms with Crippen molar-refractivity contribution in [3.8, 4) is 0 Å². The number of fused-ring (bicyclic) bond motifs is 1. The van der Waals surface area contributed by atoms with Crippen molar-refractivity contribution < 1.29 is 14.8 Å². The summed E-state index contributed by atoms with van der Waals surface area (Å²) in [6.45, 7) is 2.27. The molecule has 1 heterocycles. The van der Waals surface area contributed by atoms with E-state index < -0.39 is 16.9 Å². The van der Waals surface area contributed by atoms with Crippen molar-refractivity contribution >= 4 is 22.5 Å². The van der Waals surface area contributed by atoms with Crippen molar-refractivity contribution in [3.63, 3.8) is 0 Å². The van der Waals surface area contributed by atoms with E-state index in [0.29, 0.717) is 28.7 Å². The highest BCUT2D eigenvalue weighted by Gasteiger charge is 2.25. The van der Waals surface area contributed by atoms with Gasteiger partial charge in [-0.2, -0.15) is 0 Å². The largest absolute Gasteiger partial charge is 0.378 e. The molecular weight excluding hydrogens is 322 g/mol. The van der Waals surface area contributed by atoms with Crippen molar-refractivity contribution in [2.75, 3.05) is 0 Å². The van der Waals surface area contributed by atoms with E-state index in [1.165, 1.54) is 12.1 Å². The maximum Gasteiger partial charge on any atom is 0.270 e. The molecule has 0 fully saturated rings. The van der Waals surface area contributed by atoms with Crippen LogP contribution < -0.4 is 5.73 Å². The molecule has 1 unspecified atom stereocenters. The number of hydrogen-bond donors (Lipinski definition) is 2. The van der Waals surface area contributed by atoms with Crippen molar-refractivity contribution in [3.05, 3.63) is 75.5 Å². The van der Waals surface area contributed by atoms with Gasteiger partial charge in [0, 0.05) is 40.8 Å². The number of hydrogen-bond acceptors (Lipinski definition) is 4. The first kappa shape index (κ1) is 16.7. The third kappa shape index (κ3) is 2.97. The maximum atomic E-state index is 11.5. The second-order valence-corrected chi connectivity index (χ2v) is 5.83. The Balaban J connectivity index is 2.25. The van der Waals surface area contributed by atoms with Crippen molar-refractivity contribution in [1.82, 2.24) is 4.57 Å². The Morgan fingerprint density at radius 2 is 1.96 bits per heavy atom. The molecule has 128 valence electrons. The lowest BCUT2D eigenvalue weighted by Crippen LogP contribution is -2.21. The minimum atomic E-state index is -1.53. The number of primary amides is 1. The first-order valence-corrected chi connectivity index (χ1v) is 7.68. The third-order valence-electron chi connectivity index (χ3n) is 4.29. The predicted molar refractivity (Wildman–Crippen MR) is 93.0 cm³/mol. The van der Waals surface area contributed by atoms with Gasteiger partial charge < -0.3 is 15.4 Å². The van der Waals surface area contributed by atoms with Crippen LogP contribution in [0.2, 0.25) is 0 Å². The lowest BCUT2D eigenvalue weighted by atomic mass is 10.0. The number of benzene rings is 2. The van der Waals surface area contributed by atoms with Crippen LogP contribution in [0, 0.1) is 17.0 Å². The van der Waals surface area contributed by atoms with E-state index in [9.17, 15) is 20.0 Å². The van der Waals surface area contributed by atoms with Crippen molar-refractivity contribution in [2.45, 2.75) is 19.6 Å². The monoisotopic (exact) mass is 339 g/mol. The number of aromatic nitrogens is 1. The molecule has 0 aliphatic rings. The SMILES string of the molecule is Cc1c(C(O)C(N)=O)c2cc([N+](=O)[O-])ccc2n1Cc1ccccc1. The van der Waals surface area contributed by atoms with Crippen LogP contribution in [0.3, 0.4) is 0 Å². The summed E-state index contributed by atoms with van der Waals surface area (Å²) < 4.78 is 1.91. The summed E-state index contributed by atoms with van der Waals surface area (Å²) in [7, 11) is 0. The minimum absolute atomic E-state index is 0.109. The zero-order valence-electron chi connectivity index (χ0n) is 13.5. The summed E-state index contributed by atoms with van der Waals surface area (Å²) in [5, 5.41) is 21.8. The van der Waals surface area contributed by atoms with Gasteiger partial charge in [0.05, 0.1) is 4.92 Å². The summed E-state index contributed by atoms with van der Waals surface area (Å²) in [6, 6.07) is 14.1. The third-order valence-corrected chi connectivity index (χ3v) is 4.29. The molecule has 1 amide bonds. The average molecular weight is 339 g/mol. The van der Waals surface area contributed by atoms with E-state index in [2.05, 4.69) is 0 Å². The van der Waals surface area contributed by atoms with Gasteiger partial charge in [-0.25, -0.2) is 0 Å². The summed E-state index contributed by atoms with van der Waals surface area (Å²) in [4.78, 5) is 22.1. The molecule has 3 N–H and O–H groups in total. The zero-order chi connectivity index (χ0) is 18.1. The molecule has 0 saturated heterocycles. The van der Waals surface area contributed by atoms with Gasteiger partial charge in [-0.05, 0) is 18.6 Å². The van der Waals surface area contributed by atoms with Gasteiger partial charge in [-0.3, -0.25) is 14.9 Å². The molecule has 0 aliphatic heterocycles. The van der Waals surface area contributed by atoms with Crippen LogP contribution in [0.25, 0.3) is 10.9 Å². The van der Waals surface area contributed by atoms with Gasteiger partial charge in [0.2, 0.25) is 0 Å². The number of nitrogens with zero attached hydrogens (tertiary/aromatic N) is 2. The average Bonchev–Trinajstić information content (AvgIpc) is 2.86. The maximum absolute atomic E-state index is 11.5. The van der Waals surface area contributed by atoms with E-state index in [-0.39, 0.29) is 5.69 Å². The molecule has 1 aromatic heterocycles. The normalized spacial score (nSPS) is 12.2. The molecular formula is C18H17N3O4. The second-order valence-electron chi connectivity index (χ2n) is 5.83. The van der Waals surface area contributed by atoms with Gasteiger partial charge in [-0.15, -0.1) is 0 Å². The van der Waals surface area contributed by atoms with E-state index in [0.717, 1.165) is 5.56 Å². The van der Waals surface area contributed by atoms with Crippen LogP contribution >= 0.6 is 0 Å². The number of rotatable bonds is 5. The highest BCUT2D eigenvalue weighted by atomic mass is 16.6. The Kier molecular flexibility index (Phi) is 4.24. The van der Waals surface area contributed by atoms with E-state index in [1.54, 1.807) is 13.0 Å². The van der Waals surface area contributed by atoms with Crippen LogP contribution in [0.5, 0.6) is 0 Å². The van der Waals surface area contributed by atoms with Gasteiger partial charge >= 0.3 is 0 Å². The van der Waals surface area contributed by atoms with Crippen LogP contribution in [0.1, 0.15) is 22.9 Å². The molecule has 7 heteroatoms. The van der Waals surface area contributed by atoms with Crippen molar-refractivity contribution in [1.29, 1.82) is 0 Å². The number of nitro benzene ring substituents is 1. The summed E-state index contributed by atoms with van der Waals surface area (Å²) >= 11 is 0. The summed E-state index contributed by atoms with van der Waals surface area (Å²) in [6.07, 6.45) is -1.53. The fourth-order valence-corrected chi connectivity index (χ4v) is 3.07. The molecule has 3 aromatic rings. The van der Waals surface area contributed by atoms with E-state index in [4.69, 9.17) is 5.73 Å². The number of carbonyl (C=O) groups is 1.